The molecule has 2 fully saturated rings. The molecule has 2 aliphatic rings. The second-order valence-corrected chi connectivity index (χ2v) is 5.07. The first-order valence-corrected chi connectivity index (χ1v) is 6.42. The van der Waals surface area contributed by atoms with Crippen LogP contribution in [0.5, 0.6) is 0 Å². The molecule has 0 N–H and O–H groups in total. The van der Waals surface area contributed by atoms with Crippen molar-refractivity contribution in [2.75, 3.05) is 13.2 Å². The Morgan fingerprint density at radius 3 is 2.47 bits per heavy atom. The van der Waals surface area contributed by atoms with Crippen molar-refractivity contribution in [2.24, 2.45) is 17.8 Å². The van der Waals surface area contributed by atoms with Gasteiger partial charge in [-0.1, -0.05) is 13.3 Å². The van der Waals surface area contributed by atoms with E-state index in [0.717, 1.165) is 44.8 Å². The quantitative estimate of drug-likeness (QED) is 0.716. The average Bonchev–Trinajstić information content (AvgIpc) is 2.78. The molecule has 15 heavy (non-hydrogen) atoms. The van der Waals surface area contributed by atoms with Gasteiger partial charge in [0.25, 0.3) is 0 Å². The smallest absolute Gasteiger partial charge is 0.139 e. The van der Waals surface area contributed by atoms with Gasteiger partial charge in [0.2, 0.25) is 0 Å². The van der Waals surface area contributed by atoms with Gasteiger partial charge >= 0.3 is 0 Å². The van der Waals surface area contributed by atoms with Crippen LogP contribution in [0.1, 0.15) is 45.4 Å². The van der Waals surface area contributed by atoms with Crippen LogP contribution in [0.4, 0.5) is 0 Å². The highest BCUT2D eigenvalue weighted by Crippen LogP contribution is 2.36. The van der Waals surface area contributed by atoms with Gasteiger partial charge in [0.05, 0.1) is 0 Å². The van der Waals surface area contributed by atoms with Gasteiger partial charge < -0.3 is 4.74 Å². The highest BCUT2D eigenvalue weighted by Gasteiger charge is 2.33. The van der Waals surface area contributed by atoms with E-state index in [9.17, 15) is 4.79 Å². The molecule has 0 aromatic rings. The van der Waals surface area contributed by atoms with Crippen molar-refractivity contribution < 1.29 is 9.53 Å². The lowest BCUT2D eigenvalue weighted by molar-refractivity contribution is -0.129. The van der Waals surface area contributed by atoms with E-state index in [1.807, 2.05) is 0 Å². The van der Waals surface area contributed by atoms with Gasteiger partial charge in [0.15, 0.2) is 0 Å². The van der Waals surface area contributed by atoms with Crippen molar-refractivity contribution in [3.63, 3.8) is 0 Å². The molecule has 86 valence electrons. The Labute approximate surface area is 92.4 Å². The number of hydrogen-bond donors (Lipinski definition) is 0. The summed E-state index contributed by atoms with van der Waals surface area (Å²) in [6.45, 7) is 3.83. The standard InChI is InChI=1S/C13H22O2/c1-2-10-3-4-12(9-10)13(14)11-5-7-15-8-6-11/h10-12H,2-9H2,1H3. The predicted octanol–water partition coefficient (Wildman–Crippen LogP) is 2.81. The van der Waals surface area contributed by atoms with Gasteiger partial charge in [-0.05, 0) is 38.0 Å². The number of Topliss-reactive ketones (excluding diaryl/α,β-unsaturated/α-hetero) is 1. The molecule has 1 heterocycles. The zero-order chi connectivity index (χ0) is 10.7. The van der Waals surface area contributed by atoms with Crippen LogP contribution in [0.3, 0.4) is 0 Å². The summed E-state index contributed by atoms with van der Waals surface area (Å²) in [6, 6.07) is 0. The minimum absolute atomic E-state index is 0.319. The summed E-state index contributed by atoms with van der Waals surface area (Å²) in [7, 11) is 0. The van der Waals surface area contributed by atoms with E-state index in [2.05, 4.69) is 6.92 Å². The molecule has 1 aliphatic heterocycles. The Kier molecular flexibility index (Phi) is 3.79. The van der Waals surface area contributed by atoms with Crippen molar-refractivity contribution in [3.8, 4) is 0 Å². The molecule has 2 nitrogen and oxygen atoms in total. The Morgan fingerprint density at radius 1 is 1.13 bits per heavy atom. The first kappa shape index (κ1) is 11.1. The summed E-state index contributed by atoms with van der Waals surface area (Å²) in [5.74, 6) is 2.07. The number of ketones is 1. The predicted molar refractivity (Wildman–Crippen MR) is 59.7 cm³/mol. The second-order valence-electron chi connectivity index (χ2n) is 5.07. The third kappa shape index (κ3) is 2.60. The van der Waals surface area contributed by atoms with E-state index in [4.69, 9.17) is 4.74 Å². The maximum Gasteiger partial charge on any atom is 0.139 e. The highest BCUT2D eigenvalue weighted by molar-refractivity contribution is 5.83. The van der Waals surface area contributed by atoms with Crippen LogP contribution in [0, 0.1) is 17.8 Å². The first-order chi connectivity index (χ1) is 7.31. The zero-order valence-corrected chi connectivity index (χ0v) is 9.71. The van der Waals surface area contributed by atoms with Crippen molar-refractivity contribution in [2.45, 2.75) is 45.4 Å². The molecule has 0 radical (unpaired) electrons. The summed E-state index contributed by atoms with van der Waals surface area (Å²) in [5.41, 5.74) is 0. The Balaban J connectivity index is 1.85. The number of carbonyl (C=O) groups is 1. The summed E-state index contributed by atoms with van der Waals surface area (Å²) >= 11 is 0. The molecule has 2 heteroatoms. The monoisotopic (exact) mass is 210 g/mol. The van der Waals surface area contributed by atoms with Crippen molar-refractivity contribution in [3.05, 3.63) is 0 Å². The van der Waals surface area contributed by atoms with Gasteiger partial charge in [-0.15, -0.1) is 0 Å². The topological polar surface area (TPSA) is 26.3 Å². The van der Waals surface area contributed by atoms with Crippen LogP contribution in [0.15, 0.2) is 0 Å². The first-order valence-electron chi connectivity index (χ1n) is 6.42. The SMILES string of the molecule is CCC1CCC(C(=O)C2CCOCC2)C1. The normalized spacial score (nSPS) is 33.1. The van der Waals surface area contributed by atoms with Crippen LogP contribution in [-0.2, 0) is 9.53 Å². The fourth-order valence-electron chi connectivity index (χ4n) is 3.02. The van der Waals surface area contributed by atoms with Crippen LogP contribution in [-0.4, -0.2) is 19.0 Å². The third-order valence-corrected chi connectivity index (χ3v) is 4.14. The largest absolute Gasteiger partial charge is 0.381 e. The van der Waals surface area contributed by atoms with Gasteiger partial charge in [-0.2, -0.15) is 0 Å². The molecule has 0 aromatic heterocycles. The van der Waals surface area contributed by atoms with Crippen molar-refractivity contribution in [1.29, 1.82) is 0 Å². The van der Waals surface area contributed by atoms with Crippen molar-refractivity contribution >= 4 is 5.78 Å². The number of rotatable bonds is 3. The maximum atomic E-state index is 12.2. The molecule has 0 aromatic carbocycles. The van der Waals surface area contributed by atoms with E-state index >= 15 is 0 Å². The van der Waals surface area contributed by atoms with E-state index < -0.39 is 0 Å². The van der Waals surface area contributed by atoms with E-state index in [1.165, 1.54) is 12.8 Å². The molecule has 1 saturated carbocycles. The van der Waals surface area contributed by atoms with Gasteiger partial charge in [-0.25, -0.2) is 0 Å². The van der Waals surface area contributed by atoms with Gasteiger partial charge in [0, 0.05) is 25.0 Å². The van der Waals surface area contributed by atoms with E-state index in [0.29, 0.717) is 17.6 Å². The van der Waals surface area contributed by atoms with Gasteiger partial charge in [-0.3, -0.25) is 4.79 Å². The Morgan fingerprint density at radius 2 is 1.87 bits per heavy atom. The molecule has 0 amide bonds. The zero-order valence-electron chi connectivity index (χ0n) is 9.71. The molecule has 0 bridgehead atoms. The lowest BCUT2D eigenvalue weighted by Gasteiger charge is -2.23. The van der Waals surface area contributed by atoms with E-state index in [-0.39, 0.29) is 0 Å². The van der Waals surface area contributed by atoms with Gasteiger partial charge in [0.1, 0.15) is 5.78 Å². The molecule has 1 saturated heterocycles. The van der Waals surface area contributed by atoms with Crippen LogP contribution in [0.25, 0.3) is 0 Å². The minimum atomic E-state index is 0.319. The highest BCUT2D eigenvalue weighted by atomic mass is 16.5. The maximum absolute atomic E-state index is 12.2. The second kappa shape index (κ2) is 5.11. The van der Waals surface area contributed by atoms with Crippen molar-refractivity contribution in [1.82, 2.24) is 0 Å². The van der Waals surface area contributed by atoms with Crippen LogP contribution < -0.4 is 0 Å². The van der Waals surface area contributed by atoms with Crippen LogP contribution in [0.2, 0.25) is 0 Å². The average molecular weight is 210 g/mol. The minimum Gasteiger partial charge on any atom is -0.381 e. The molecule has 2 rings (SSSR count). The lowest BCUT2D eigenvalue weighted by atomic mass is 9.86. The molecular weight excluding hydrogens is 188 g/mol. The number of carbonyl (C=O) groups excluding carboxylic acids is 1. The number of hydrogen-bond acceptors (Lipinski definition) is 2. The fourth-order valence-corrected chi connectivity index (χ4v) is 3.02. The molecule has 1 aliphatic carbocycles. The number of ether oxygens (including phenoxy) is 1. The summed E-state index contributed by atoms with van der Waals surface area (Å²) in [6.07, 6.45) is 6.76. The lowest BCUT2D eigenvalue weighted by Crippen LogP contribution is -2.28. The molecular formula is C13H22O2. The molecule has 0 spiro atoms. The Hall–Kier alpha value is -0.370. The van der Waals surface area contributed by atoms with E-state index in [1.54, 1.807) is 0 Å². The fraction of sp³-hybridized carbons (Fsp3) is 0.923. The Bertz CT molecular complexity index is 219. The van der Waals surface area contributed by atoms with Crippen LogP contribution >= 0.6 is 0 Å². The molecule has 2 unspecified atom stereocenters. The molecule has 2 atom stereocenters. The third-order valence-electron chi connectivity index (χ3n) is 4.14. The summed E-state index contributed by atoms with van der Waals surface area (Å²) in [5, 5.41) is 0. The summed E-state index contributed by atoms with van der Waals surface area (Å²) < 4.78 is 5.30. The summed E-state index contributed by atoms with van der Waals surface area (Å²) in [4.78, 5) is 12.2.